The standard InChI is InChI=1S/C15H10BrClN2OS/c16-14-6-5-9(21-14)8-18-15(20)13-7-11(17)10-3-1-2-4-12(10)19-13/h1-7H,8H2,(H,18,20). The fraction of sp³-hybridized carbons (Fsp3) is 0.0667. The Labute approximate surface area is 139 Å². The Kier molecular flexibility index (Phi) is 4.24. The van der Waals surface area contributed by atoms with Gasteiger partial charge in [-0.2, -0.15) is 0 Å². The van der Waals surface area contributed by atoms with Crippen LogP contribution < -0.4 is 5.32 Å². The van der Waals surface area contributed by atoms with E-state index in [0.29, 0.717) is 22.8 Å². The maximum Gasteiger partial charge on any atom is 0.270 e. The molecule has 0 spiro atoms. The summed E-state index contributed by atoms with van der Waals surface area (Å²) in [5, 5.41) is 4.23. The van der Waals surface area contributed by atoms with Gasteiger partial charge in [0.2, 0.25) is 0 Å². The highest BCUT2D eigenvalue weighted by molar-refractivity contribution is 9.11. The van der Waals surface area contributed by atoms with E-state index in [-0.39, 0.29) is 5.91 Å². The lowest BCUT2D eigenvalue weighted by atomic mass is 10.2. The van der Waals surface area contributed by atoms with Gasteiger partial charge in [0.05, 0.1) is 20.9 Å². The van der Waals surface area contributed by atoms with E-state index in [1.165, 1.54) is 0 Å². The van der Waals surface area contributed by atoms with Crippen molar-refractivity contribution in [1.29, 1.82) is 0 Å². The van der Waals surface area contributed by atoms with Crippen molar-refractivity contribution >= 4 is 55.7 Å². The van der Waals surface area contributed by atoms with Gasteiger partial charge in [-0.25, -0.2) is 4.98 Å². The zero-order valence-electron chi connectivity index (χ0n) is 10.8. The average Bonchev–Trinajstić information content (AvgIpc) is 2.90. The number of pyridine rings is 1. The number of para-hydroxylation sites is 1. The minimum absolute atomic E-state index is 0.229. The number of nitrogens with zero attached hydrogens (tertiary/aromatic N) is 1. The number of hydrogen-bond acceptors (Lipinski definition) is 3. The molecule has 3 rings (SSSR count). The molecule has 21 heavy (non-hydrogen) atoms. The molecule has 1 amide bonds. The third-order valence-corrected chi connectivity index (χ3v) is 4.89. The number of aromatic nitrogens is 1. The molecule has 0 bridgehead atoms. The second-order valence-electron chi connectivity index (χ2n) is 4.39. The maximum absolute atomic E-state index is 12.2. The van der Waals surface area contributed by atoms with Crippen LogP contribution in [-0.2, 0) is 6.54 Å². The van der Waals surface area contributed by atoms with Crippen LogP contribution in [0.1, 0.15) is 15.4 Å². The number of fused-ring (bicyclic) bond motifs is 1. The Balaban J connectivity index is 1.81. The van der Waals surface area contributed by atoms with Crippen LogP contribution in [0.25, 0.3) is 10.9 Å². The van der Waals surface area contributed by atoms with Crippen molar-refractivity contribution in [3.05, 3.63) is 61.8 Å². The highest BCUT2D eigenvalue weighted by Crippen LogP contribution is 2.23. The zero-order chi connectivity index (χ0) is 14.8. The van der Waals surface area contributed by atoms with Crippen LogP contribution >= 0.6 is 38.9 Å². The lowest BCUT2D eigenvalue weighted by molar-refractivity contribution is 0.0946. The van der Waals surface area contributed by atoms with Crippen LogP contribution in [0.2, 0.25) is 5.02 Å². The van der Waals surface area contributed by atoms with Gasteiger partial charge in [-0.3, -0.25) is 4.79 Å². The van der Waals surface area contributed by atoms with Gasteiger partial charge < -0.3 is 5.32 Å². The summed E-state index contributed by atoms with van der Waals surface area (Å²) in [6.45, 7) is 0.473. The van der Waals surface area contributed by atoms with Crippen molar-refractivity contribution in [1.82, 2.24) is 10.3 Å². The SMILES string of the molecule is O=C(NCc1ccc(Br)s1)c1cc(Cl)c2ccccc2n1. The first kappa shape index (κ1) is 14.5. The summed E-state index contributed by atoms with van der Waals surface area (Å²) in [7, 11) is 0. The minimum Gasteiger partial charge on any atom is -0.346 e. The molecule has 3 nitrogen and oxygen atoms in total. The third kappa shape index (κ3) is 3.26. The Hall–Kier alpha value is -1.43. The van der Waals surface area contributed by atoms with Crippen LogP contribution in [0.3, 0.4) is 0 Å². The molecule has 0 unspecified atom stereocenters. The Bertz CT molecular complexity index is 818. The van der Waals surface area contributed by atoms with Gasteiger partial charge in [-0.15, -0.1) is 11.3 Å². The van der Waals surface area contributed by atoms with Gasteiger partial charge in [0.15, 0.2) is 0 Å². The van der Waals surface area contributed by atoms with Crippen molar-refractivity contribution in [2.24, 2.45) is 0 Å². The molecule has 0 aliphatic heterocycles. The summed E-state index contributed by atoms with van der Waals surface area (Å²) in [5.74, 6) is -0.229. The number of nitrogens with one attached hydrogen (secondary N) is 1. The number of carbonyl (C=O) groups is 1. The molecule has 1 aromatic carbocycles. The first-order valence-corrected chi connectivity index (χ1v) is 8.20. The van der Waals surface area contributed by atoms with Gasteiger partial charge in [0.25, 0.3) is 5.91 Å². The van der Waals surface area contributed by atoms with Gasteiger partial charge in [0.1, 0.15) is 5.69 Å². The third-order valence-electron chi connectivity index (χ3n) is 2.95. The summed E-state index contributed by atoms with van der Waals surface area (Å²) in [6.07, 6.45) is 0. The number of halogens is 2. The number of benzene rings is 1. The molecule has 0 atom stereocenters. The number of hydrogen-bond donors (Lipinski definition) is 1. The quantitative estimate of drug-likeness (QED) is 0.718. The molecule has 2 heterocycles. The van der Waals surface area contributed by atoms with Crippen LogP contribution in [0.15, 0.2) is 46.3 Å². The summed E-state index contributed by atoms with van der Waals surface area (Å²) >= 11 is 11.2. The topological polar surface area (TPSA) is 42.0 Å². The maximum atomic E-state index is 12.2. The number of thiophene rings is 1. The molecule has 0 aliphatic rings. The Morgan fingerprint density at radius 3 is 2.86 bits per heavy atom. The first-order valence-electron chi connectivity index (χ1n) is 6.21. The lowest BCUT2D eigenvalue weighted by Gasteiger charge is -2.06. The first-order chi connectivity index (χ1) is 10.1. The number of amides is 1. The molecule has 0 radical (unpaired) electrons. The summed E-state index contributed by atoms with van der Waals surface area (Å²) in [6, 6.07) is 13.0. The van der Waals surface area contributed by atoms with E-state index in [4.69, 9.17) is 11.6 Å². The van der Waals surface area contributed by atoms with Crippen LogP contribution in [-0.4, -0.2) is 10.9 Å². The number of rotatable bonds is 3. The van der Waals surface area contributed by atoms with Gasteiger partial charge in [0, 0.05) is 10.3 Å². The van der Waals surface area contributed by atoms with Crippen molar-refractivity contribution in [3.8, 4) is 0 Å². The lowest BCUT2D eigenvalue weighted by Crippen LogP contribution is -2.23. The summed E-state index contributed by atoms with van der Waals surface area (Å²) < 4.78 is 1.04. The van der Waals surface area contributed by atoms with Crippen molar-refractivity contribution < 1.29 is 4.79 Å². The van der Waals surface area contributed by atoms with Crippen LogP contribution in [0.5, 0.6) is 0 Å². The summed E-state index contributed by atoms with van der Waals surface area (Å²) in [5.41, 5.74) is 1.04. The van der Waals surface area contributed by atoms with Crippen molar-refractivity contribution in [2.45, 2.75) is 6.54 Å². The predicted octanol–water partition coefficient (Wildman–Crippen LogP) is 4.64. The monoisotopic (exact) mass is 380 g/mol. The normalized spacial score (nSPS) is 10.8. The molecule has 0 saturated carbocycles. The molecule has 1 N–H and O–H groups in total. The summed E-state index contributed by atoms with van der Waals surface area (Å²) in [4.78, 5) is 17.6. The predicted molar refractivity (Wildman–Crippen MR) is 89.9 cm³/mol. The van der Waals surface area contributed by atoms with Crippen molar-refractivity contribution in [3.63, 3.8) is 0 Å². The Morgan fingerprint density at radius 1 is 1.29 bits per heavy atom. The minimum atomic E-state index is -0.229. The number of carbonyl (C=O) groups excluding carboxylic acids is 1. The smallest absolute Gasteiger partial charge is 0.270 e. The average molecular weight is 382 g/mol. The van der Waals surface area contributed by atoms with Crippen LogP contribution in [0.4, 0.5) is 0 Å². The molecule has 2 aromatic heterocycles. The molecule has 0 fully saturated rings. The molecular formula is C15H10BrClN2OS. The second kappa shape index (κ2) is 6.13. The second-order valence-corrected chi connectivity index (χ2v) is 7.35. The highest BCUT2D eigenvalue weighted by atomic mass is 79.9. The van der Waals surface area contributed by atoms with E-state index >= 15 is 0 Å². The molecule has 0 saturated heterocycles. The highest BCUT2D eigenvalue weighted by Gasteiger charge is 2.11. The molecule has 0 aliphatic carbocycles. The molecule has 3 aromatic rings. The van der Waals surface area contributed by atoms with Gasteiger partial charge in [-0.1, -0.05) is 29.8 Å². The van der Waals surface area contributed by atoms with Gasteiger partial charge >= 0.3 is 0 Å². The van der Waals surface area contributed by atoms with E-state index < -0.39 is 0 Å². The van der Waals surface area contributed by atoms with E-state index in [1.54, 1.807) is 17.4 Å². The fourth-order valence-corrected chi connectivity index (χ4v) is 3.64. The van der Waals surface area contributed by atoms with Gasteiger partial charge in [-0.05, 0) is 40.2 Å². The molecule has 106 valence electrons. The largest absolute Gasteiger partial charge is 0.346 e. The van der Waals surface area contributed by atoms with E-state index in [2.05, 4.69) is 26.2 Å². The fourth-order valence-electron chi connectivity index (χ4n) is 1.95. The van der Waals surface area contributed by atoms with E-state index in [9.17, 15) is 4.79 Å². The van der Waals surface area contributed by atoms with E-state index in [1.807, 2.05) is 36.4 Å². The Morgan fingerprint density at radius 2 is 2.10 bits per heavy atom. The zero-order valence-corrected chi connectivity index (χ0v) is 13.9. The van der Waals surface area contributed by atoms with Crippen LogP contribution in [0, 0.1) is 0 Å². The molecular weight excluding hydrogens is 372 g/mol. The molecule has 6 heteroatoms. The van der Waals surface area contributed by atoms with E-state index in [0.717, 1.165) is 14.0 Å². The van der Waals surface area contributed by atoms with Crippen molar-refractivity contribution in [2.75, 3.05) is 0 Å².